The van der Waals surface area contributed by atoms with Crippen LogP contribution >= 0.6 is 0 Å². The number of hydrogen-bond donors (Lipinski definition) is 0. The fraction of sp³-hybridized carbons (Fsp3) is 0.273. The van der Waals surface area contributed by atoms with Gasteiger partial charge in [0.05, 0.1) is 13.0 Å². The van der Waals surface area contributed by atoms with Gasteiger partial charge in [-0.2, -0.15) is 18.3 Å². The van der Waals surface area contributed by atoms with E-state index in [0.717, 1.165) is 6.07 Å². The lowest BCUT2D eigenvalue weighted by atomic mass is 10.2. The van der Waals surface area contributed by atoms with E-state index in [1.165, 1.54) is 18.2 Å². The fourth-order valence-corrected chi connectivity index (χ4v) is 1.56. The quantitative estimate of drug-likeness (QED) is 0.752. The van der Waals surface area contributed by atoms with Crippen LogP contribution in [0, 0.1) is 5.82 Å². The van der Waals surface area contributed by atoms with Gasteiger partial charge >= 0.3 is 6.18 Å². The summed E-state index contributed by atoms with van der Waals surface area (Å²) in [5, 5.41) is 3.92. The zero-order valence-corrected chi connectivity index (χ0v) is 9.04. The number of carbonyl (C=O) groups is 1. The van der Waals surface area contributed by atoms with Crippen molar-refractivity contribution in [1.82, 2.24) is 5.01 Å². The SMILES string of the molecule is O=C1CC(C(F)(F)F)=NN1Cc1cccc(F)c1. The zero-order valence-electron chi connectivity index (χ0n) is 9.04. The lowest BCUT2D eigenvalue weighted by molar-refractivity contribution is -0.129. The zero-order chi connectivity index (χ0) is 13.3. The molecule has 0 aromatic heterocycles. The molecule has 0 bridgehead atoms. The van der Waals surface area contributed by atoms with Crippen LogP contribution in [-0.4, -0.2) is 22.8 Å². The molecule has 0 fully saturated rings. The summed E-state index contributed by atoms with van der Waals surface area (Å²) in [6.07, 6.45) is -5.37. The molecule has 1 aliphatic heterocycles. The third-order valence-electron chi connectivity index (χ3n) is 2.40. The van der Waals surface area contributed by atoms with Crippen LogP contribution in [0.25, 0.3) is 0 Å². The Morgan fingerprint density at radius 2 is 2.06 bits per heavy atom. The van der Waals surface area contributed by atoms with Gasteiger partial charge in [0.25, 0.3) is 0 Å². The van der Waals surface area contributed by atoms with Gasteiger partial charge in [0.1, 0.15) is 5.82 Å². The number of hydrogen-bond acceptors (Lipinski definition) is 2. The van der Waals surface area contributed by atoms with Crippen LogP contribution in [0.5, 0.6) is 0 Å². The van der Waals surface area contributed by atoms with E-state index < -0.39 is 30.0 Å². The second kappa shape index (κ2) is 4.40. The van der Waals surface area contributed by atoms with Crippen molar-refractivity contribution in [2.24, 2.45) is 5.10 Å². The summed E-state index contributed by atoms with van der Waals surface area (Å²) < 4.78 is 49.9. The Morgan fingerprint density at radius 1 is 1.33 bits per heavy atom. The van der Waals surface area contributed by atoms with E-state index in [1.807, 2.05) is 0 Å². The van der Waals surface area contributed by atoms with Crippen LogP contribution in [0.3, 0.4) is 0 Å². The van der Waals surface area contributed by atoms with Crippen molar-refractivity contribution in [1.29, 1.82) is 0 Å². The molecule has 96 valence electrons. The second-order valence-electron chi connectivity index (χ2n) is 3.80. The first-order chi connectivity index (χ1) is 8.36. The molecular weight excluding hydrogens is 252 g/mol. The topological polar surface area (TPSA) is 32.7 Å². The van der Waals surface area contributed by atoms with E-state index in [1.54, 1.807) is 0 Å². The first-order valence-corrected chi connectivity index (χ1v) is 5.06. The highest BCUT2D eigenvalue weighted by Crippen LogP contribution is 2.25. The van der Waals surface area contributed by atoms with Crippen molar-refractivity contribution in [3.8, 4) is 0 Å². The van der Waals surface area contributed by atoms with Gasteiger partial charge < -0.3 is 0 Å². The smallest absolute Gasteiger partial charge is 0.273 e. The molecule has 0 N–H and O–H groups in total. The highest BCUT2D eigenvalue weighted by molar-refractivity contribution is 6.07. The molecule has 0 aliphatic carbocycles. The summed E-state index contributed by atoms with van der Waals surface area (Å²) in [5.41, 5.74) is -0.737. The number of alkyl halides is 3. The minimum atomic E-state index is -4.60. The molecule has 1 aliphatic rings. The molecule has 1 heterocycles. The third kappa shape index (κ3) is 2.66. The van der Waals surface area contributed by atoms with E-state index in [9.17, 15) is 22.4 Å². The van der Waals surface area contributed by atoms with Crippen molar-refractivity contribution in [3.05, 3.63) is 35.6 Å². The number of benzene rings is 1. The van der Waals surface area contributed by atoms with Gasteiger partial charge in [0.2, 0.25) is 5.91 Å². The average Bonchev–Trinajstić information content (AvgIpc) is 2.60. The maximum Gasteiger partial charge on any atom is 0.431 e. The lowest BCUT2D eigenvalue weighted by Crippen LogP contribution is -2.22. The maximum absolute atomic E-state index is 12.9. The molecule has 18 heavy (non-hydrogen) atoms. The predicted octanol–water partition coefficient (Wildman–Crippen LogP) is 2.48. The summed E-state index contributed by atoms with van der Waals surface area (Å²) >= 11 is 0. The van der Waals surface area contributed by atoms with Crippen molar-refractivity contribution in [2.45, 2.75) is 19.1 Å². The Labute approximate surface area is 99.7 Å². The van der Waals surface area contributed by atoms with Crippen molar-refractivity contribution >= 4 is 11.6 Å². The second-order valence-corrected chi connectivity index (χ2v) is 3.80. The van der Waals surface area contributed by atoms with E-state index in [4.69, 9.17) is 0 Å². The van der Waals surface area contributed by atoms with E-state index in [-0.39, 0.29) is 6.54 Å². The molecule has 1 aromatic carbocycles. The van der Waals surface area contributed by atoms with Gasteiger partial charge in [0, 0.05) is 0 Å². The Kier molecular flexibility index (Phi) is 3.06. The highest BCUT2D eigenvalue weighted by Gasteiger charge is 2.42. The van der Waals surface area contributed by atoms with Crippen LogP contribution in [0.1, 0.15) is 12.0 Å². The predicted molar refractivity (Wildman–Crippen MR) is 55.1 cm³/mol. The number of nitrogens with zero attached hydrogens (tertiary/aromatic N) is 2. The Morgan fingerprint density at radius 3 is 2.61 bits per heavy atom. The number of amides is 1. The van der Waals surface area contributed by atoms with E-state index in [0.29, 0.717) is 10.6 Å². The molecule has 0 saturated heterocycles. The van der Waals surface area contributed by atoms with E-state index in [2.05, 4.69) is 5.10 Å². The molecule has 1 aromatic rings. The molecule has 7 heteroatoms. The fourth-order valence-electron chi connectivity index (χ4n) is 1.56. The normalized spacial score (nSPS) is 16.1. The van der Waals surface area contributed by atoms with Gasteiger partial charge in [0.15, 0.2) is 5.71 Å². The molecule has 0 spiro atoms. The molecule has 0 radical (unpaired) electrons. The molecule has 3 nitrogen and oxygen atoms in total. The minimum Gasteiger partial charge on any atom is -0.273 e. The van der Waals surface area contributed by atoms with Crippen LogP contribution in [0.15, 0.2) is 29.4 Å². The summed E-state index contributed by atoms with van der Waals surface area (Å²) in [6, 6.07) is 5.28. The lowest BCUT2D eigenvalue weighted by Gasteiger charge is -2.11. The third-order valence-corrected chi connectivity index (χ3v) is 2.40. The monoisotopic (exact) mass is 260 g/mol. The van der Waals surface area contributed by atoms with Crippen LogP contribution in [0.2, 0.25) is 0 Å². The molecule has 0 unspecified atom stereocenters. The number of hydrazone groups is 1. The first kappa shape index (κ1) is 12.5. The number of halogens is 4. The standard InChI is InChI=1S/C11H8F4N2O/c12-8-3-1-2-7(4-8)6-17-10(18)5-9(16-17)11(13,14)15/h1-4H,5-6H2. The van der Waals surface area contributed by atoms with Gasteiger partial charge in [-0.1, -0.05) is 12.1 Å². The van der Waals surface area contributed by atoms with Crippen molar-refractivity contribution in [3.63, 3.8) is 0 Å². The molecular formula is C11H8F4N2O. The molecule has 0 atom stereocenters. The van der Waals surface area contributed by atoms with Crippen LogP contribution < -0.4 is 0 Å². The van der Waals surface area contributed by atoms with Gasteiger partial charge in [-0.15, -0.1) is 0 Å². The summed E-state index contributed by atoms with van der Waals surface area (Å²) in [4.78, 5) is 11.3. The maximum atomic E-state index is 12.9. The Hall–Kier alpha value is -1.92. The van der Waals surface area contributed by atoms with Crippen LogP contribution in [0.4, 0.5) is 17.6 Å². The summed E-state index contributed by atoms with van der Waals surface area (Å²) in [6.45, 7) is -0.170. The number of rotatable bonds is 2. The minimum absolute atomic E-state index is 0.170. The Bertz CT molecular complexity index is 510. The number of carbonyl (C=O) groups excluding carboxylic acids is 1. The first-order valence-electron chi connectivity index (χ1n) is 5.06. The molecule has 1 amide bonds. The molecule has 0 saturated carbocycles. The van der Waals surface area contributed by atoms with Crippen LogP contribution in [-0.2, 0) is 11.3 Å². The van der Waals surface area contributed by atoms with Gasteiger partial charge in [-0.25, -0.2) is 9.40 Å². The highest BCUT2D eigenvalue weighted by atomic mass is 19.4. The summed E-state index contributed by atoms with van der Waals surface area (Å²) in [5.74, 6) is -1.26. The van der Waals surface area contributed by atoms with Gasteiger partial charge in [-0.05, 0) is 17.7 Å². The van der Waals surface area contributed by atoms with E-state index >= 15 is 0 Å². The largest absolute Gasteiger partial charge is 0.431 e. The summed E-state index contributed by atoms with van der Waals surface area (Å²) in [7, 11) is 0. The van der Waals surface area contributed by atoms with Gasteiger partial charge in [-0.3, -0.25) is 4.79 Å². The van der Waals surface area contributed by atoms with Crippen molar-refractivity contribution < 1.29 is 22.4 Å². The molecule has 2 rings (SSSR count). The average molecular weight is 260 g/mol. The van der Waals surface area contributed by atoms with Crippen molar-refractivity contribution in [2.75, 3.05) is 0 Å². The Balaban J connectivity index is 2.15.